The lowest BCUT2D eigenvalue weighted by molar-refractivity contribution is -0.127. The highest BCUT2D eigenvalue weighted by atomic mass is 16.5. The van der Waals surface area contributed by atoms with Crippen molar-refractivity contribution < 1.29 is 19.1 Å². The molecule has 0 N–H and O–H groups in total. The van der Waals surface area contributed by atoms with Gasteiger partial charge in [-0.2, -0.15) is 0 Å². The molecular weight excluding hydrogens is 673 g/mol. The van der Waals surface area contributed by atoms with Gasteiger partial charge in [-0.25, -0.2) is 0 Å². The van der Waals surface area contributed by atoms with Crippen molar-refractivity contribution in [1.82, 2.24) is 19.8 Å². The largest absolute Gasteiger partial charge is 0.456 e. The fourth-order valence-corrected chi connectivity index (χ4v) is 7.01. The molecule has 0 aliphatic carbocycles. The highest BCUT2D eigenvalue weighted by molar-refractivity contribution is 5.88. The lowest BCUT2D eigenvalue weighted by Gasteiger charge is -2.34. The number of rotatable bonds is 8. The van der Waals surface area contributed by atoms with Gasteiger partial charge in [-0.15, -0.1) is 0 Å². The van der Waals surface area contributed by atoms with Gasteiger partial charge in [-0.3, -0.25) is 19.6 Å². The summed E-state index contributed by atoms with van der Waals surface area (Å²) in [4.78, 5) is 36.3. The molecule has 0 bridgehead atoms. The average Bonchev–Trinajstić information content (AvgIpc) is 3.24. The van der Waals surface area contributed by atoms with Crippen molar-refractivity contribution in [3.8, 4) is 23.0 Å². The fraction of sp³-hybridized carbons (Fsp3) is 0.130. The van der Waals surface area contributed by atoms with Crippen LogP contribution in [0, 0.1) is 0 Å². The monoisotopic (exact) mass is 712 g/mol. The lowest BCUT2D eigenvalue weighted by Crippen LogP contribution is -2.37. The van der Waals surface area contributed by atoms with Crippen molar-refractivity contribution in [2.24, 2.45) is 0 Å². The van der Waals surface area contributed by atoms with Crippen LogP contribution in [0.25, 0.3) is 0 Å². The molecule has 54 heavy (non-hydrogen) atoms. The van der Waals surface area contributed by atoms with Crippen LogP contribution in [-0.2, 0) is 22.7 Å². The van der Waals surface area contributed by atoms with Crippen LogP contribution in [0.2, 0.25) is 0 Å². The number of amides is 2. The zero-order valence-corrected chi connectivity index (χ0v) is 29.8. The minimum atomic E-state index is -0.0442. The third-order valence-corrected chi connectivity index (χ3v) is 9.63. The van der Waals surface area contributed by atoms with Crippen molar-refractivity contribution in [2.45, 2.75) is 24.9 Å². The first-order chi connectivity index (χ1) is 26.5. The number of carbonyl (C=O) groups excluding carboxylic acids is 2. The van der Waals surface area contributed by atoms with Gasteiger partial charge in [0.05, 0.1) is 12.4 Å². The third kappa shape index (κ3) is 8.29. The number of hydrogen-bond acceptors (Lipinski definition) is 6. The van der Waals surface area contributed by atoms with Crippen molar-refractivity contribution in [3.05, 3.63) is 205 Å². The molecule has 2 amide bonds. The SMILES string of the molecule is C=CC(=O)N1Cc2ccc(Oc3cccnc3)cc2[C@@H](c2ccccc2)C1.C=CC(=O)N1Cc2ccc(Oc3cccnc3)cc2[C@H](c2ccccc2)C1. The summed E-state index contributed by atoms with van der Waals surface area (Å²) in [5.41, 5.74) is 7.00. The van der Waals surface area contributed by atoms with E-state index in [2.05, 4.69) is 59.5 Å². The Labute approximate surface area is 315 Å². The molecule has 0 unspecified atom stereocenters. The summed E-state index contributed by atoms with van der Waals surface area (Å²) in [6.07, 6.45) is 9.59. The molecule has 2 aromatic heterocycles. The van der Waals surface area contributed by atoms with Gasteiger partial charge in [0.25, 0.3) is 0 Å². The first kappa shape index (κ1) is 35.6. The molecule has 0 radical (unpaired) electrons. The van der Waals surface area contributed by atoms with Crippen LogP contribution in [0.15, 0.2) is 171 Å². The second-order valence-corrected chi connectivity index (χ2v) is 13.1. The highest BCUT2D eigenvalue weighted by Gasteiger charge is 2.30. The van der Waals surface area contributed by atoms with Crippen LogP contribution in [0.4, 0.5) is 0 Å². The Hall–Kier alpha value is -6.80. The Balaban J connectivity index is 0.000000167. The zero-order valence-electron chi connectivity index (χ0n) is 29.8. The minimum Gasteiger partial charge on any atom is -0.456 e. The molecular formula is C46H40N4O4. The van der Waals surface area contributed by atoms with Gasteiger partial charge in [0, 0.05) is 50.4 Å². The molecule has 0 saturated heterocycles. The molecule has 2 aliphatic heterocycles. The van der Waals surface area contributed by atoms with Crippen LogP contribution in [0.3, 0.4) is 0 Å². The van der Waals surface area contributed by atoms with Crippen LogP contribution in [-0.4, -0.2) is 44.7 Å². The molecule has 8 heteroatoms. The number of aromatic nitrogens is 2. The minimum absolute atomic E-state index is 0.0442. The molecule has 4 heterocycles. The van der Waals surface area contributed by atoms with E-state index in [0.29, 0.717) is 37.7 Å². The lowest BCUT2D eigenvalue weighted by atomic mass is 9.84. The smallest absolute Gasteiger partial charge is 0.246 e. The molecule has 2 aliphatic rings. The molecule has 0 spiro atoms. The number of carbonyl (C=O) groups is 2. The van der Waals surface area contributed by atoms with Gasteiger partial charge in [-0.1, -0.05) is 86.0 Å². The Bertz CT molecular complexity index is 2070. The van der Waals surface area contributed by atoms with Gasteiger partial charge < -0.3 is 19.3 Å². The Kier molecular flexibility index (Phi) is 11.0. The number of hydrogen-bond donors (Lipinski definition) is 0. The summed E-state index contributed by atoms with van der Waals surface area (Å²) in [5.74, 6) is 3.04. The summed E-state index contributed by atoms with van der Waals surface area (Å²) in [6, 6.07) is 40.1. The van der Waals surface area contributed by atoms with E-state index in [4.69, 9.17) is 9.47 Å². The molecule has 268 valence electrons. The molecule has 8 rings (SSSR count). The maximum atomic E-state index is 12.2. The summed E-state index contributed by atoms with van der Waals surface area (Å²) in [7, 11) is 0. The van der Waals surface area contributed by atoms with Gasteiger partial charge in [0.15, 0.2) is 0 Å². The van der Waals surface area contributed by atoms with Crippen LogP contribution >= 0.6 is 0 Å². The predicted octanol–water partition coefficient (Wildman–Crippen LogP) is 9.07. The number of nitrogens with zero attached hydrogens (tertiary/aromatic N) is 4. The van der Waals surface area contributed by atoms with Gasteiger partial charge in [0.2, 0.25) is 11.8 Å². The van der Waals surface area contributed by atoms with E-state index >= 15 is 0 Å². The topological polar surface area (TPSA) is 84.9 Å². The first-order valence-electron chi connectivity index (χ1n) is 17.8. The van der Waals surface area contributed by atoms with Crippen molar-refractivity contribution in [3.63, 3.8) is 0 Å². The van der Waals surface area contributed by atoms with E-state index in [9.17, 15) is 9.59 Å². The van der Waals surface area contributed by atoms with Crippen molar-refractivity contribution in [2.75, 3.05) is 13.1 Å². The summed E-state index contributed by atoms with van der Waals surface area (Å²) in [5, 5.41) is 0. The molecule has 8 nitrogen and oxygen atoms in total. The first-order valence-corrected chi connectivity index (χ1v) is 17.8. The second kappa shape index (κ2) is 16.7. The molecule has 0 fully saturated rings. The molecule has 0 saturated carbocycles. The van der Waals surface area contributed by atoms with Gasteiger partial charge >= 0.3 is 0 Å². The Morgan fingerprint density at radius 3 is 1.35 bits per heavy atom. The van der Waals surface area contributed by atoms with Gasteiger partial charge in [-0.05, 0) is 94.1 Å². The van der Waals surface area contributed by atoms with E-state index < -0.39 is 0 Å². The van der Waals surface area contributed by atoms with Crippen LogP contribution < -0.4 is 9.47 Å². The van der Waals surface area contributed by atoms with Gasteiger partial charge in [0.1, 0.15) is 23.0 Å². The molecule has 4 aromatic carbocycles. The maximum Gasteiger partial charge on any atom is 0.246 e. The zero-order chi connectivity index (χ0) is 37.3. The summed E-state index contributed by atoms with van der Waals surface area (Å²) >= 11 is 0. The average molecular weight is 713 g/mol. The highest BCUT2D eigenvalue weighted by Crippen LogP contribution is 2.38. The fourth-order valence-electron chi connectivity index (χ4n) is 7.01. The Morgan fingerprint density at radius 1 is 0.556 bits per heavy atom. The van der Waals surface area contributed by atoms with Crippen LogP contribution in [0.1, 0.15) is 45.2 Å². The summed E-state index contributed by atoms with van der Waals surface area (Å²) in [6.45, 7) is 9.67. The number of benzene rings is 4. The van der Waals surface area contributed by atoms with Crippen molar-refractivity contribution in [1.29, 1.82) is 0 Å². The number of fused-ring (bicyclic) bond motifs is 2. The maximum absolute atomic E-state index is 12.2. The Morgan fingerprint density at radius 2 is 0.981 bits per heavy atom. The van der Waals surface area contributed by atoms with Crippen LogP contribution in [0.5, 0.6) is 23.0 Å². The van der Waals surface area contributed by atoms with E-state index in [1.54, 1.807) is 24.8 Å². The van der Waals surface area contributed by atoms with E-state index in [1.165, 1.54) is 34.4 Å². The number of ether oxygens (including phenoxy) is 2. The molecule has 2 atom stereocenters. The third-order valence-electron chi connectivity index (χ3n) is 9.63. The van der Waals surface area contributed by atoms with E-state index in [0.717, 1.165) is 22.6 Å². The molecule has 6 aromatic rings. The van der Waals surface area contributed by atoms with Crippen molar-refractivity contribution >= 4 is 11.8 Å². The second-order valence-electron chi connectivity index (χ2n) is 13.1. The summed E-state index contributed by atoms with van der Waals surface area (Å²) < 4.78 is 11.9. The predicted molar refractivity (Wildman–Crippen MR) is 209 cm³/mol. The van der Waals surface area contributed by atoms with E-state index in [-0.39, 0.29) is 23.7 Å². The standard InChI is InChI=1S/2C23H20N2O2/c2*1-2-23(26)25-15-18-10-11-19(27-20-9-6-12-24-14-20)13-21(18)22(16-25)17-7-4-3-5-8-17/h2*2-14,22H,1,15-16H2/t2*22-/m10/s1. The normalized spacial score (nSPS) is 15.7. The van der Waals surface area contributed by atoms with E-state index in [1.807, 2.05) is 94.7 Å². The number of pyridine rings is 2. The quantitative estimate of drug-likeness (QED) is 0.147.